The van der Waals surface area contributed by atoms with Crippen molar-refractivity contribution in [3.63, 3.8) is 0 Å². The quantitative estimate of drug-likeness (QED) is 0.512. The molecule has 0 saturated heterocycles. The van der Waals surface area contributed by atoms with Gasteiger partial charge in [-0.2, -0.15) is 0 Å². The first-order valence-electron chi connectivity index (χ1n) is 9.97. The van der Waals surface area contributed by atoms with Crippen LogP contribution in [-0.2, 0) is 13.0 Å². The molecule has 0 radical (unpaired) electrons. The topological polar surface area (TPSA) is 63.5 Å². The van der Waals surface area contributed by atoms with Crippen molar-refractivity contribution in [3.05, 3.63) is 59.3 Å². The first-order chi connectivity index (χ1) is 13.6. The van der Waals surface area contributed by atoms with Gasteiger partial charge in [0, 0.05) is 31.9 Å². The molecule has 0 unspecified atom stereocenters. The minimum Gasteiger partial charge on any atom is -0.494 e. The zero-order valence-corrected chi connectivity index (χ0v) is 17.7. The lowest BCUT2D eigenvalue weighted by atomic mass is 10.2. The molecule has 0 aliphatic heterocycles. The predicted octanol–water partition coefficient (Wildman–Crippen LogP) is 3.66. The second kappa shape index (κ2) is 11.2. The van der Waals surface area contributed by atoms with Gasteiger partial charge in [-0.1, -0.05) is 26.0 Å². The van der Waals surface area contributed by atoms with Gasteiger partial charge < -0.3 is 15.4 Å². The van der Waals surface area contributed by atoms with Crippen LogP contribution in [0, 0.1) is 6.92 Å². The molecule has 1 aromatic carbocycles. The van der Waals surface area contributed by atoms with Gasteiger partial charge in [0.2, 0.25) is 5.96 Å². The molecule has 0 aliphatic carbocycles. The molecule has 6 nitrogen and oxygen atoms in total. The Morgan fingerprint density at radius 3 is 2.86 bits per heavy atom. The number of nitrogens with zero attached hydrogens (tertiary/aromatic N) is 3. The van der Waals surface area contributed by atoms with Crippen LogP contribution < -0.4 is 15.4 Å². The van der Waals surface area contributed by atoms with E-state index in [4.69, 9.17) is 9.73 Å². The van der Waals surface area contributed by atoms with Crippen LogP contribution in [0.25, 0.3) is 0 Å². The van der Waals surface area contributed by atoms with Crippen LogP contribution in [0.2, 0.25) is 0 Å². The maximum atomic E-state index is 5.74. The van der Waals surface area contributed by atoms with E-state index in [1.165, 1.54) is 0 Å². The van der Waals surface area contributed by atoms with Crippen LogP contribution in [0.3, 0.4) is 0 Å². The Hall–Kier alpha value is -2.76. The molecule has 0 spiro atoms. The molecular formula is C22H33N5O. The molecule has 28 heavy (non-hydrogen) atoms. The van der Waals surface area contributed by atoms with Gasteiger partial charge in [0.05, 0.1) is 18.8 Å². The number of aliphatic imine (C=N–C) groups is 1. The van der Waals surface area contributed by atoms with E-state index in [0.29, 0.717) is 13.1 Å². The number of benzene rings is 1. The van der Waals surface area contributed by atoms with Crippen molar-refractivity contribution in [2.24, 2.45) is 4.99 Å². The summed E-state index contributed by atoms with van der Waals surface area (Å²) < 4.78 is 7.79. The summed E-state index contributed by atoms with van der Waals surface area (Å²) in [5, 5.41) is 6.57. The molecule has 0 atom stereocenters. The van der Waals surface area contributed by atoms with Gasteiger partial charge in [-0.3, -0.25) is 4.57 Å². The Balaban J connectivity index is 2.22. The maximum Gasteiger partial charge on any atom is 0.204 e. The van der Waals surface area contributed by atoms with Crippen molar-refractivity contribution in [2.45, 2.75) is 47.1 Å². The SMILES string of the molecule is CCCOc1cccc(CN=C(NC/C=C(/C)NC)n2cc(C)nc2CC)c1. The normalized spacial score (nSPS) is 12.2. The number of imidazole rings is 1. The Labute approximate surface area is 168 Å². The lowest BCUT2D eigenvalue weighted by molar-refractivity contribution is 0.317. The van der Waals surface area contributed by atoms with E-state index in [1.54, 1.807) is 0 Å². The highest BCUT2D eigenvalue weighted by molar-refractivity contribution is 5.83. The third-order valence-electron chi connectivity index (χ3n) is 4.29. The molecule has 2 aromatic rings. The number of hydrogen-bond acceptors (Lipinski definition) is 4. The molecule has 6 heteroatoms. The fourth-order valence-electron chi connectivity index (χ4n) is 2.71. The Kier molecular flexibility index (Phi) is 8.59. The monoisotopic (exact) mass is 383 g/mol. The van der Waals surface area contributed by atoms with Crippen LogP contribution in [0.4, 0.5) is 0 Å². The molecule has 2 rings (SSSR count). The van der Waals surface area contributed by atoms with Crippen LogP contribution in [0.5, 0.6) is 5.75 Å². The smallest absolute Gasteiger partial charge is 0.204 e. The van der Waals surface area contributed by atoms with E-state index < -0.39 is 0 Å². The van der Waals surface area contributed by atoms with Crippen LogP contribution in [0.15, 0.2) is 47.2 Å². The van der Waals surface area contributed by atoms with Gasteiger partial charge in [0.1, 0.15) is 11.6 Å². The van der Waals surface area contributed by atoms with E-state index >= 15 is 0 Å². The van der Waals surface area contributed by atoms with Gasteiger partial charge in [0.15, 0.2) is 0 Å². The van der Waals surface area contributed by atoms with Crippen molar-refractivity contribution >= 4 is 5.96 Å². The average Bonchev–Trinajstić information content (AvgIpc) is 3.09. The van der Waals surface area contributed by atoms with Crippen molar-refractivity contribution in [1.82, 2.24) is 20.2 Å². The Bertz CT molecular complexity index is 807. The third-order valence-corrected chi connectivity index (χ3v) is 4.29. The third kappa shape index (κ3) is 6.44. The highest BCUT2D eigenvalue weighted by atomic mass is 16.5. The van der Waals surface area contributed by atoms with Gasteiger partial charge >= 0.3 is 0 Å². The van der Waals surface area contributed by atoms with E-state index in [1.807, 2.05) is 39.2 Å². The summed E-state index contributed by atoms with van der Waals surface area (Å²) in [5.41, 5.74) is 3.22. The number of aromatic nitrogens is 2. The molecular weight excluding hydrogens is 350 g/mol. The fraction of sp³-hybridized carbons (Fsp3) is 0.455. The maximum absolute atomic E-state index is 5.74. The van der Waals surface area contributed by atoms with Crippen molar-refractivity contribution in [3.8, 4) is 5.75 Å². The molecule has 152 valence electrons. The fourth-order valence-corrected chi connectivity index (χ4v) is 2.71. The largest absolute Gasteiger partial charge is 0.494 e. The number of aryl methyl sites for hydroxylation is 2. The summed E-state index contributed by atoms with van der Waals surface area (Å²) in [7, 11) is 1.92. The van der Waals surface area contributed by atoms with E-state index in [2.05, 4.69) is 52.2 Å². The van der Waals surface area contributed by atoms with Crippen molar-refractivity contribution in [2.75, 3.05) is 20.2 Å². The summed E-state index contributed by atoms with van der Waals surface area (Å²) in [6.45, 7) is 10.2. The van der Waals surface area contributed by atoms with Crippen molar-refractivity contribution in [1.29, 1.82) is 0 Å². The summed E-state index contributed by atoms with van der Waals surface area (Å²) >= 11 is 0. The first kappa shape index (κ1) is 21.5. The second-order valence-electron chi connectivity index (χ2n) is 6.68. The van der Waals surface area contributed by atoms with Gasteiger partial charge in [-0.05, 0) is 44.0 Å². The van der Waals surface area contributed by atoms with E-state index in [9.17, 15) is 0 Å². The zero-order chi connectivity index (χ0) is 20.4. The Morgan fingerprint density at radius 2 is 2.14 bits per heavy atom. The molecule has 0 bridgehead atoms. The highest BCUT2D eigenvalue weighted by Crippen LogP contribution is 2.14. The average molecular weight is 384 g/mol. The molecule has 0 aliphatic rings. The minimum absolute atomic E-state index is 0.570. The van der Waals surface area contributed by atoms with E-state index in [0.717, 1.165) is 53.9 Å². The standard InChI is InChI=1S/C22H33N5O/c1-6-13-28-20-10-8-9-19(14-20)15-25-22(24-12-11-17(3)23-5)27-16-18(4)26-21(27)7-2/h8-11,14,16,23H,6-7,12-13,15H2,1-5H3,(H,24,25)/b17-11-. The molecule has 0 fully saturated rings. The number of ether oxygens (including phenoxy) is 1. The summed E-state index contributed by atoms with van der Waals surface area (Å²) in [4.78, 5) is 9.46. The predicted molar refractivity (Wildman–Crippen MR) is 116 cm³/mol. The number of rotatable bonds is 9. The molecule has 2 N–H and O–H groups in total. The first-order valence-corrected chi connectivity index (χ1v) is 9.97. The highest BCUT2D eigenvalue weighted by Gasteiger charge is 2.09. The van der Waals surface area contributed by atoms with E-state index in [-0.39, 0.29) is 0 Å². The second-order valence-corrected chi connectivity index (χ2v) is 6.68. The molecule has 1 aromatic heterocycles. The Morgan fingerprint density at radius 1 is 1.32 bits per heavy atom. The molecule has 0 amide bonds. The van der Waals surface area contributed by atoms with Crippen LogP contribution >= 0.6 is 0 Å². The zero-order valence-electron chi connectivity index (χ0n) is 17.7. The lowest BCUT2D eigenvalue weighted by Gasteiger charge is -2.13. The summed E-state index contributed by atoms with van der Waals surface area (Å²) in [6.07, 6.45) is 5.97. The number of allylic oxidation sites excluding steroid dienone is 1. The summed E-state index contributed by atoms with van der Waals surface area (Å²) in [6, 6.07) is 8.13. The van der Waals surface area contributed by atoms with Gasteiger partial charge in [-0.15, -0.1) is 0 Å². The number of nitrogens with one attached hydrogen (secondary N) is 2. The van der Waals surface area contributed by atoms with Crippen LogP contribution in [0.1, 0.15) is 44.3 Å². The lowest BCUT2D eigenvalue weighted by Crippen LogP contribution is -2.32. The van der Waals surface area contributed by atoms with Gasteiger partial charge in [-0.25, -0.2) is 9.98 Å². The van der Waals surface area contributed by atoms with Gasteiger partial charge in [0.25, 0.3) is 0 Å². The summed E-state index contributed by atoms with van der Waals surface area (Å²) in [5.74, 6) is 2.69. The van der Waals surface area contributed by atoms with Crippen LogP contribution in [-0.4, -0.2) is 35.7 Å². The molecule has 1 heterocycles. The minimum atomic E-state index is 0.570. The van der Waals surface area contributed by atoms with Crippen molar-refractivity contribution < 1.29 is 4.74 Å². The molecule has 0 saturated carbocycles. The number of hydrogen-bond donors (Lipinski definition) is 2.